The Morgan fingerprint density at radius 1 is 1.34 bits per heavy atom. The van der Waals surface area contributed by atoms with E-state index in [4.69, 9.17) is 4.74 Å². The quantitative estimate of drug-likeness (QED) is 0.417. The summed E-state index contributed by atoms with van der Waals surface area (Å²) in [4.78, 5) is 39.8. The molecule has 2 aromatic heterocycles. The molecule has 0 radical (unpaired) electrons. The van der Waals surface area contributed by atoms with Gasteiger partial charge in [-0.3, -0.25) is 19.1 Å². The number of nitrogens with zero attached hydrogens (tertiary/aromatic N) is 3. The number of H-pyrrole nitrogens is 1. The van der Waals surface area contributed by atoms with Gasteiger partial charge in [-0.15, -0.1) is 0 Å². The maximum Gasteiger partial charge on any atom is 0.255 e. The van der Waals surface area contributed by atoms with Gasteiger partial charge in [0.2, 0.25) is 5.91 Å². The number of amides is 2. The van der Waals surface area contributed by atoms with E-state index in [1.807, 2.05) is 25.2 Å². The monoisotopic (exact) mass is 435 g/mol. The van der Waals surface area contributed by atoms with Gasteiger partial charge in [0.05, 0.1) is 42.8 Å². The Hall–Kier alpha value is -3.72. The predicted molar refractivity (Wildman–Crippen MR) is 119 cm³/mol. The van der Waals surface area contributed by atoms with E-state index in [1.165, 1.54) is 4.90 Å². The Bertz CT molecular complexity index is 1190. The molecular weight excluding hydrogens is 410 g/mol. The third-order valence-electron chi connectivity index (χ3n) is 5.59. The Morgan fingerprint density at radius 2 is 2.16 bits per heavy atom. The van der Waals surface area contributed by atoms with E-state index < -0.39 is 0 Å². The molecule has 4 rings (SSSR count). The summed E-state index contributed by atoms with van der Waals surface area (Å²) >= 11 is 0. The molecule has 0 bridgehead atoms. The molecule has 1 aliphatic heterocycles. The molecule has 1 aliphatic rings. The number of fused-ring (bicyclic) bond motifs is 1. The number of aldehydes is 1. The minimum Gasteiger partial charge on any atom is -0.373 e. The van der Waals surface area contributed by atoms with E-state index in [2.05, 4.69) is 15.4 Å². The van der Waals surface area contributed by atoms with Crippen LogP contribution in [-0.4, -0.2) is 58.0 Å². The molecular formula is C23H25N5O4. The summed E-state index contributed by atoms with van der Waals surface area (Å²) in [6.07, 6.45) is 2.82. The van der Waals surface area contributed by atoms with Crippen LogP contribution in [0, 0.1) is 6.92 Å². The van der Waals surface area contributed by atoms with E-state index in [0.717, 1.165) is 33.8 Å². The van der Waals surface area contributed by atoms with Gasteiger partial charge < -0.3 is 19.9 Å². The highest BCUT2D eigenvalue weighted by Gasteiger charge is 2.20. The number of hydrogen-bond donors (Lipinski definition) is 2. The summed E-state index contributed by atoms with van der Waals surface area (Å²) in [5.74, 6) is -0.233. The molecule has 0 atom stereocenters. The van der Waals surface area contributed by atoms with Crippen molar-refractivity contribution in [1.29, 1.82) is 0 Å². The van der Waals surface area contributed by atoms with Gasteiger partial charge in [-0.25, -0.2) is 0 Å². The second kappa shape index (κ2) is 8.80. The highest BCUT2D eigenvalue weighted by molar-refractivity contribution is 6.01. The molecule has 32 heavy (non-hydrogen) atoms. The Balaban J connectivity index is 1.38. The van der Waals surface area contributed by atoms with Crippen LogP contribution >= 0.6 is 0 Å². The van der Waals surface area contributed by atoms with Crippen LogP contribution in [0.3, 0.4) is 0 Å². The van der Waals surface area contributed by atoms with Crippen LogP contribution in [0.5, 0.6) is 0 Å². The predicted octanol–water partition coefficient (Wildman–Crippen LogP) is 2.32. The third-order valence-corrected chi connectivity index (χ3v) is 5.59. The fourth-order valence-electron chi connectivity index (χ4n) is 3.83. The number of carbonyl (C=O) groups is 3. The molecule has 0 unspecified atom stereocenters. The van der Waals surface area contributed by atoms with Crippen LogP contribution in [0.2, 0.25) is 0 Å². The second-order valence-electron chi connectivity index (χ2n) is 7.90. The van der Waals surface area contributed by atoms with Gasteiger partial charge in [-0.05, 0) is 36.2 Å². The van der Waals surface area contributed by atoms with E-state index >= 15 is 0 Å². The van der Waals surface area contributed by atoms with E-state index in [-0.39, 0.29) is 17.5 Å². The van der Waals surface area contributed by atoms with Crippen LogP contribution in [0.1, 0.15) is 37.8 Å². The van der Waals surface area contributed by atoms with Crippen LogP contribution in [0.15, 0.2) is 30.5 Å². The van der Waals surface area contributed by atoms with Crippen molar-refractivity contribution in [2.45, 2.75) is 20.0 Å². The molecule has 3 aromatic rings. The summed E-state index contributed by atoms with van der Waals surface area (Å²) in [6, 6.07) is 7.54. The maximum absolute atomic E-state index is 12.6. The van der Waals surface area contributed by atoms with Crippen LogP contribution in [-0.2, 0) is 29.6 Å². The first-order valence-corrected chi connectivity index (χ1v) is 10.3. The number of aromatic nitrogens is 3. The summed E-state index contributed by atoms with van der Waals surface area (Å²) in [5, 5.41) is 7.20. The topological polar surface area (TPSA) is 109 Å². The van der Waals surface area contributed by atoms with Gasteiger partial charge in [-0.1, -0.05) is 6.07 Å². The lowest BCUT2D eigenvalue weighted by Gasteiger charge is -2.17. The minimum atomic E-state index is -0.234. The number of benzene rings is 1. The zero-order valence-electron chi connectivity index (χ0n) is 18.3. The molecule has 1 aromatic carbocycles. The van der Waals surface area contributed by atoms with Crippen molar-refractivity contribution in [2.24, 2.45) is 7.05 Å². The van der Waals surface area contributed by atoms with E-state index in [9.17, 15) is 14.4 Å². The average molecular weight is 435 g/mol. The smallest absolute Gasteiger partial charge is 0.255 e. The summed E-state index contributed by atoms with van der Waals surface area (Å²) < 4.78 is 7.61. The van der Waals surface area contributed by atoms with Crippen molar-refractivity contribution in [3.05, 3.63) is 58.7 Å². The standard InChI is InChI=1S/C23H25N5O4/c1-14-8-17(20(12-29)25-14)23(31)27(2)6-7-32-13-21-18(11-24-28(21)3)15-4-5-19-16(9-15)10-22(30)26-19/h4-5,8-9,11-12,25H,6-7,10,13H2,1-3H3,(H,26,30). The molecule has 0 spiro atoms. The number of rotatable bonds is 8. The minimum absolute atomic E-state index is 0.000577. The highest BCUT2D eigenvalue weighted by atomic mass is 16.5. The largest absolute Gasteiger partial charge is 0.373 e. The van der Waals surface area contributed by atoms with Crippen molar-refractivity contribution in [3.8, 4) is 11.1 Å². The zero-order valence-corrected chi connectivity index (χ0v) is 18.3. The van der Waals surface area contributed by atoms with Crippen LogP contribution < -0.4 is 5.32 Å². The first-order valence-electron chi connectivity index (χ1n) is 10.3. The molecule has 0 saturated carbocycles. The number of aromatic amines is 1. The van der Waals surface area contributed by atoms with Crippen molar-refractivity contribution >= 4 is 23.8 Å². The molecule has 166 valence electrons. The van der Waals surface area contributed by atoms with Crippen molar-refractivity contribution < 1.29 is 19.1 Å². The van der Waals surface area contributed by atoms with Gasteiger partial charge in [0.15, 0.2) is 6.29 Å². The molecule has 9 nitrogen and oxygen atoms in total. The fraction of sp³-hybridized carbons (Fsp3) is 0.304. The number of ether oxygens (including phenoxy) is 1. The molecule has 3 heterocycles. The number of nitrogens with one attached hydrogen (secondary N) is 2. The lowest BCUT2D eigenvalue weighted by molar-refractivity contribution is -0.115. The van der Waals surface area contributed by atoms with Crippen LogP contribution in [0.4, 0.5) is 5.69 Å². The number of aryl methyl sites for hydroxylation is 2. The SMILES string of the molecule is Cc1cc(C(=O)N(C)CCOCc2c(-c3ccc4c(c3)CC(=O)N4)cnn2C)c(C=O)[nH]1. The second-order valence-corrected chi connectivity index (χ2v) is 7.90. The summed E-state index contributed by atoms with van der Waals surface area (Å²) in [6.45, 7) is 2.83. The highest BCUT2D eigenvalue weighted by Crippen LogP contribution is 2.31. The van der Waals surface area contributed by atoms with Gasteiger partial charge in [0.25, 0.3) is 5.91 Å². The molecule has 2 amide bonds. The fourth-order valence-corrected chi connectivity index (χ4v) is 3.83. The molecule has 0 aliphatic carbocycles. The first-order chi connectivity index (χ1) is 15.4. The van der Waals surface area contributed by atoms with Crippen molar-refractivity contribution in [2.75, 3.05) is 25.5 Å². The number of likely N-dealkylation sites (N-methyl/N-ethyl adjacent to an activating group) is 1. The molecule has 9 heteroatoms. The molecule has 2 N–H and O–H groups in total. The van der Waals surface area contributed by atoms with Crippen molar-refractivity contribution in [1.82, 2.24) is 19.7 Å². The number of anilines is 1. The Labute approximate surface area is 185 Å². The maximum atomic E-state index is 12.6. The van der Waals surface area contributed by atoms with Crippen molar-refractivity contribution in [3.63, 3.8) is 0 Å². The average Bonchev–Trinajstić information content (AvgIpc) is 3.45. The van der Waals surface area contributed by atoms with Gasteiger partial charge in [-0.2, -0.15) is 5.10 Å². The zero-order chi connectivity index (χ0) is 22.8. The summed E-state index contributed by atoms with van der Waals surface area (Å²) in [7, 11) is 3.53. The lowest BCUT2D eigenvalue weighted by Crippen LogP contribution is -2.30. The van der Waals surface area contributed by atoms with Gasteiger partial charge >= 0.3 is 0 Å². The molecule has 0 fully saturated rings. The Kier molecular flexibility index (Phi) is 5.91. The Morgan fingerprint density at radius 3 is 2.94 bits per heavy atom. The summed E-state index contributed by atoms with van der Waals surface area (Å²) in [5.41, 5.74) is 6.04. The van der Waals surface area contributed by atoms with E-state index in [1.54, 1.807) is 30.9 Å². The first kappa shape index (κ1) is 21.5. The van der Waals surface area contributed by atoms with E-state index in [0.29, 0.717) is 38.0 Å². The lowest BCUT2D eigenvalue weighted by atomic mass is 10.0. The van der Waals surface area contributed by atoms with Gasteiger partial charge in [0, 0.05) is 37.6 Å². The number of carbonyl (C=O) groups excluding carboxylic acids is 3. The van der Waals surface area contributed by atoms with Gasteiger partial charge in [0.1, 0.15) is 0 Å². The number of hydrogen-bond acceptors (Lipinski definition) is 5. The normalized spacial score (nSPS) is 12.5. The molecule has 0 saturated heterocycles. The third kappa shape index (κ3) is 4.19. The van der Waals surface area contributed by atoms with Crippen LogP contribution in [0.25, 0.3) is 11.1 Å².